The average molecular weight is 411 g/mol. The number of aromatic amines is 2. The van der Waals surface area contributed by atoms with Gasteiger partial charge in [-0.3, -0.25) is 9.89 Å². The van der Waals surface area contributed by atoms with E-state index in [4.69, 9.17) is 4.98 Å². The Morgan fingerprint density at radius 1 is 1.00 bits per heavy atom. The van der Waals surface area contributed by atoms with Crippen molar-refractivity contribution in [1.29, 1.82) is 0 Å². The van der Waals surface area contributed by atoms with Crippen molar-refractivity contribution < 1.29 is 0 Å². The van der Waals surface area contributed by atoms with Gasteiger partial charge in [-0.15, -0.1) is 10.2 Å². The zero-order chi connectivity index (χ0) is 21.2. The van der Waals surface area contributed by atoms with E-state index in [0.29, 0.717) is 17.9 Å². The number of aromatic nitrogens is 7. The minimum absolute atomic E-state index is 0.0371. The highest BCUT2D eigenvalue weighted by Crippen LogP contribution is 2.30. The number of tetrazole rings is 1. The molecule has 0 spiro atoms. The van der Waals surface area contributed by atoms with Crippen molar-refractivity contribution in [3.8, 4) is 22.5 Å². The van der Waals surface area contributed by atoms with Crippen molar-refractivity contribution in [3.05, 3.63) is 88.0 Å². The largest absolute Gasteiger partial charge is 0.297 e. The smallest absolute Gasteiger partial charge is 0.276 e. The summed E-state index contributed by atoms with van der Waals surface area (Å²) >= 11 is 0. The summed E-state index contributed by atoms with van der Waals surface area (Å²) in [7, 11) is 0. The minimum atomic E-state index is -0.0371. The number of H-pyrrole nitrogens is 2. The number of rotatable bonds is 6. The topological polar surface area (TPSA) is 105 Å². The normalized spacial score (nSPS) is 11.3. The molecule has 3 aromatic heterocycles. The maximum atomic E-state index is 13.0. The highest BCUT2D eigenvalue weighted by Gasteiger charge is 2.14. The van der Waals surface area contributed by atoms with Crippen molar-refractivity contribution in [2.45, 2.75) is 26.2 Å². The van der Waals surface area contributed by atoms with Crippen LogP contribution in [0.3, 0.4) is 0 Å². The molecule has 31 heavy (non-hydrogen) atoms. The van der Waals surface area contributed by atoms with E-state index in [-0.39, 0.29) is 5.56 Å². The fraction of sp³-hybridized carbons (Fsp3) is 0.174. The quantitative estimate of drug-likeness (QED) is 0.445. The van der Waals surface area contributed by atoms with Crippen LogP contribution in [0.4, 0.5) is 0 Å². The molecule has 0 atom stereocenters. The molecule has 3 heterocycles. The van der Waals surface area contributed by atoms with E-state index in [0.717, 1.165) is 46.4 Å². The van der Waals surface area contributed by atoms with Gasteiger partial charge in [0.25, 0.3) is 5.56 Å². The molecule has 0 radical (unpaired) electrons. The number of nitrogens with one attached hydrogen (secondary N) is 2. The molecule has 0 aliphatic rings. The lowest BCUT2D eigenvalue weighted by atomic mass is 9.96. The van der Waals surface area contributed by atoms with Gasteiger partial charge in [0.1, 0.15) is 0 Å². The van der Waals surface area contributed by atoms with E-state index in [9.17, 15) is 4.79 Å². The molecule has 0 aliphatic heterocycles. The Balaban J connectivity index is 1.50. The number of aryl methyl sites for hydroxylation is 1. The predicted molar refractivity (Wildman–Crippen MR) is 118 cm³/mol. The molecule has 2 N–H and O–H groups in total. The van der Waals surface area contributed by atoms with Crippen LogP contribution in [0.5, 0.6) is 0 Å². The zero-order valence-corrected chi connectivity index (χ0v) is 17.0. The van der Waals surface area contributed by atoms with Gasteiger partial charge in [-0.05, 0) is 28.3 Å². The van der Waals surface area contributed by atoms with Gasteiger partial charge in [-0.25, -0.2) is 9.50 Å². The fourth-order valence-electron chi connectivity index (χ4n) is 3.87. The van der Waals surface area contributed by atoms with Gasteiger partial charge in [-0.2, -0.15) is 5.21 Å². The maximum Gasteiger partial charge on any atom is 0.276 e. The Kier molecular flexibility index (Phi) is 4.87. The van der Waals surface area contributed by atoms with Crippen LogP contribution in [-0.2, 0) is 12.8 Å². The standard InChI is InChI=1S/C23H21N7O/c1-2-5-20-19(23(31)30-21(25-20)12-13-24-30)14-15-8-10-16(11-9-15)17-6-3-4-7-18(17)22-26-28-29-27-22/h3-4,6-13,24H,2,5,14H2,1H3,(H,26,27,28,29). The number of benzene rings is 2. The molecule has 8 heteroatoms. The molecule has 154 valence electrons. The van der Waals surface area contributed by atoms with Gasteiger partial charge in [0.05, 0.1) is 5.69 Å². The number of fused-ring (bicyclic) bond motifs is 1. The Morgan fingerprint density at radius 2 is 1.81 bits per heavy atom. The first-order valence-corrected chi connectivity index (χ1v) is 10.2. The van der Waals surface area contributed by atoms with E-state index in [1.54, 1.807) is 6.20 Å². The summed E-state index contributed by atoms with van der Waals surface area (Å²) < 4.78 is 1.50. The molecule has 0 bridgehead atoms. The van der Waals surface area contributed by atoms with Crippen LogP contribution < -0.4 is 5.56 Å². The van der Waals surface area contributed by atoms with E-state index >= 15 is 0 Å². The molecular formula is C23H21N7O. The Hall–Kier alpha value is -4.07. The van der Waals surface area contributed by atoms with E-state index in [2.05, 4.69) is 56.9 Å². The third kappa shape index (κ3) is 3.52. The van der Waals surface area contributed by atoms with Crippen molar-refractivity contribution in [2.75, 3.05) is 0 Å². The lowest BCUT2D eigenvalue weighted by Gasteiger charge is -2.10. The van der Waals surface area contributed by atoms with E-state index < -0.39 is 0 Å². The monoisotopic (exact) mass is 411 g/mol. The fourth-order valence-corrected chi connectivity index (χ4v) is 3.87. The Bertz CT molecular complexity index is 1380. The summed E-state index contributed by atoms with van der Waals surface area (Å²) in [6.07, 6.45) is 3.99. The Morgan fingerprint density at radius 3 is 2.55 bits per heavy atom. The molecule has 0 saturated carbocycles. The first kappa shape index (κ1) is 18.9. The van der Waals surface area contributed by atoms with E-state index in [1.165, 1.54) is 4.52 Å². The highest BCUT2D eigenvalue weighted by atomic mass is 16.1. The van der Waals surface area contributed by atoms with Crippen LogP contribution in [0.15, 0.2) is 65.6 Å². The second-order valence-corrected chi connectivity index (χ2v) is 7.40. The molecule has 0 unspecified atom stereocenters. The van der Waals surface area contributed by atoms with E-state index in [1.807, 2.05) is 30.3 Å². The van der Waals surface area contributed by atoms with Crippen molar-refractivity contribution in [3.63, 3.8) is 0 Å². The third-order valence-corrected chi connectivity index (χ3v) is 5.37. The number of hydrogen-bond donors (Lipinski definition) is 2. The SMILES string of the molecule is CCCc1nc2cc[nH]n2c(=O)c1Cc1ccc(-c2ccccc2-c2nn[nH]n2)cc1. The molecule has 5 rings (SSSR count). The average Bonchev–Trinajstić information content (AvgIpc) is 3.49. The number of nitrogens with zero attached hydrogens (tertiary/aromatic N) is 5. The molecule has 8 nitrogen and oxygen atoms in total. The van der Waals surface area contributed by atoms with Gasteiger partial charge in [-0.1, -0.05) is 61.9 Å². The van der Waals surface area contributed by atoms with Crippen LogP contribution in [0.1, 0.15) is 30.2 Å². The van der Waals surface area contributed by atoms with Gasteiger partial charge >= 0.3 is 0 Å². The summed E-state index contributed by atoms with van der Waals surface area (Å²) in [5.74, 6) is 0.558. The second kappa shape index (κ2) is 7.98. The zero-order valence-electron chi connectivity index (χ0n) is 17.0. The summed E-state index contributed by atoms with van der Waals surface area (Å²) in [4.78, 5) is 17.7. The van der Waals surface area contributed by atoms with Crippen LogP contribution in [0.2, 0.25) is 0 Å². The van der Waals surface area contributed by atoms with Crippen molar-refractivity contribution >= 4 is 5.65 Å². The molecule has 0 aliphatic carbocycles. The maximum absolute atomic E-state index is 13.0. The lowest BCUT2D eigenvalue weighted by Crippen LogP contribution is -2.23. The van der Waals surface area contributed by atoms with Crippen molar-refractivity contribution in [2.24, 2.45) is 0 Å². The third-order valence-electron chi connectivity index (χ3n) is 5.37. The molecular weight excluding hydrogens is 390 g/mol. The lowest BCUT2D eigenvalue weighted by molar-refractivity contribution is 0.809. The summed E-state index contributed by atoms with van der Waals surface area (Å²) in [6.45, 7) is 2.10. The van der Waals surface area contributed by atoms with Crippen LogP contribution in [0.25, 0.3) is 28.2 Å². The summed E-state index contributed by atoms with van der Waals surface area (Å²) in [6, 6.07) is 18.0. The summed E-state index contributed by atoms with van der Waals surface area (Å²) in [5.41, 5.74) is 6.28. The molecule has 0 amide bonds. The molecule has 2 aromatic carbocycles. The first-order chi connectivity index (χ1) is 15.2. The van der Waals surface area contributed by atoms with Crippen LogP contribution in [-0.4, -0.2) is 35.2 Å². The number of hydrogen-bond acceptors (Lipinski definition) is 5. The van der Waals surface area contributed by atoms with Gasteiger partial charge in [0.2, 0.25) is 5.82 Å². The molecule has 0 fully saturated rings. The molecule has 5 aromatic rings. The second-order valence-electron chi connectivity index (χ2n) is 7.40. The Labute approximate surface area is 178 Å². The minimum Gasteiger partial charge on any atom is -0.297 e. The summed E-state index contributed by atoms with van der Waals surface area (Å²) in [5, 5.41) is 17.3. The van der Waals surface area contributed by atoms with Gasteiger partial charge < -0.3 is 0 Å². The first-order valence-electron chi connectivity index (χ1n) is 10.2. The van der Waals surface area contributed by atoms with Crippen LogP contribution in [0, 0.1) is 0 Å². The highest BCUT2D eigenvalue weighted by molar-refractivity contribution is 5.80. The van der Waals surface area contributed by atoms with Gasteiger partial charge in [0, 0.05) is 29.8 Å². The predicted octanol–water partition coefficient (Wildman–Crippen LogP) is 3.41. The van der Waals surface area contributed by atoms with Gasteiger partial charge in [0.15, 0.2) is 5.65 Å². The van der Waals surface area contributed by atoms with Crippen molar-refractivity contribution in [1.82, 2.24) is 35.2 Å². The molecule has 0 saturated heterocycles. The van der Waals surface area contributed by atoms with Crippen LogP contribution >= 0.6 is 0 Å².